The maximum Gasteiger partial charge on any atom is 0.358 e. The molecule has 0 aliphatic heterocycles. The molecule has 0 saturated heterocycles. The Morgan fingerprint density at radius 1 is 1.00 bits per heavy atom. The molecule has 10 heteroatoms. The second-order valence-corrected chi connectivity index (χ2v) is 8.70. The van der Waals surface area contributed by atoms with Gasteiger partial charge in [0, 0.05) is 18.2 Å². The van der Waals surface area contributed by atoms with E-state index in [9.17, 15) is 13.7 Å². The zero-order chi connectivity index (χ0) is 24.3. The first-order chi connectivity index (χ1) is 16.4. The Labute approximate surface area is 196 Å². The smallest absolute Gasteiger partial charge is 0.358 e. The van der Waals surface area contributed by atoms with Crippen LogP contribution >= 0.6 is 0 Å². The Morgan fingerprint density at radius 2 is 1.62 bits per heavy atom. The van der Waals surface area contributed by atoms with Crippen LogP contribution in [0.25, 0.3) is 11.1 Å². The average molecular weight is 477 g/mol. The molecular formula is C24H20N4O5S. The Morgan fingerprint density at radius 3 is 2.21 bits per heavy atom. The number of rotatable bonds is 6. The number of oxime groups is 1. The van der Waals surface area contributed by atoms with Crippen molar-refractivity contribution < 1.29 is 22.2 Å². The fourth-order valence-electron chi connectivity index (χ4n) is 3.47. The molecule has 2 aromatic carbocycles. The summed E-state index contributed by atoms with van der Waals surface area (Å²) in [5.74, 6) is 1.20. The minimum absolute atomic E-state index is 0.0606. The molecule has 1 aliphatic carbocycles. The molecule has 4 rings (SSSR count). The molecule has 9 nitrogen and oxygen atoms in total. The minimum atomic E-state index is -4.15. The number of nitriles is 1. The van der Waals surface area contributed by atoms with Gasteiger partial charge in [0.1, 0.15) is 28.2 Å². The highest BCUT2D eigenvalue weighted by Crippen LogP contribution is 2.33. The van der Waals surface area contributed by atoms with Crippen molar-refractivity contribution in [2.24, 2.45) is 12.2 Å². The van der Waals surface area contributed by atoms with Gasteiger partial charge in [0.2, 0.25) is 0 Å². The molecule has 0 spiro atoms. The molecule has 1 aromatic heterocycles. The molecular weight excluding hydrogens is 456 g/mol. The molecule has 1 heterocycles. The van der Waals surface area contributed by atoms with Gasteiger partial charge in [0.25, 0.3) is 0 Å². The zero-order valence-corrected chi connectivity index (χ0v) is 19.4. The monoisotopic (exact) mass is 476 g/mol. The van der Waals surface area contributed by atoms with E-state index in [2.05, 4.69) is 16.3 Å². The van der Waals surface area contributed by atoms with Crippen LogP contribution in [0.3, 0.4) is 0 Å². The first-order valence-corrected chi connectivity index (χ1v) is 11.4. The van der Waals surface area contributed by atoms with E-state index in [4.69, 9.17) is 13.8 Å². The van der Waals surface area contributed by atoms with Crippen LogP contribution in [0.1, 0.15) is 16.8 Å². The van der Waals surface area contributed by atoms with Crippen LogP contribution in [-0.4, -0.2) is 38.1 Å². The number of hydrogen-bond donors (Lipinski definition) is 0. The lowest BCUT2D eigenvalue weighted by Crippen LogP contribution is -2.13. The predicted octanol–water partition coefficient (Wildman–Crippen LogP) is 3.55. The Hall–Kier alpha value is -4.36. The fraction of sp³-hybridized carbons (Fsp3) is 0.125. The van der Waals surface area contributed by atoms with E-state index in [1.54, 1.807) is 61.5 Å². The number of aryl methyl sites for hydroxylation is 1. The van der Waals surface area contributed by atoms with Gasteiger partial charge < -0.3 is 9.47 Å². The molecule has 0 unspecified atom stereocenters. The van der Waals surface area contributed by atoms with Crippen molar-refractivity contribution in [3.63, 3.8) is 0 Å². The normalized spacial score (nSPS) is 15.4. The highest BCUT2D eigenvalue weighted by atomic mass is 32.2. The van der Waals surface area contributed by atoms with Gasteiger partial charge in [-0.1, -0.05) is 11.2 Å². The highest BCUT2D eigenvalue weighted by molar-refractivity contribution is 7.86. The van der Waals surface area contributed by atoms with Crippen LogP contribution in [0, 0.1) is 11.3 Å². The summed E-state index contributed by atoms with van der Waals surface area (Å²) in [6.07, 6.45) is 4.88. The number of nitrogens with zero attached hydrogens (tertiary/aromatic N) is 4. The van der Waals surface area contributed by atoms with Gasteiger partial charge in [-0.25, -0.2) is 0 Å². The van der Waals surface area contributed by atoms with Crippen LogP contribution in [0.2, 0.25) is 0 Å². The van der Waals surface area contributed by atoms with E-state index in [-0.39, 0.29) is 10.6 Å². The second-order valence-electron chi connectivity index (χ2n) is 7.17. The van der Waals surface area contributed by atoms with Crippen LogP contribution in [0.4, 0.5) is 0 Å². The second kappa shape index (κ2) is 9.25. The quantitative estimate of drug-likeness (QED) is 0.395. The third-order valence-electron chi connectivity index (χ3n) is 5.22. The molecule has 34 heavy (non-hydrogen) atoms. The molecule has 0 bridgehead atoms. The van der Waals surface area contributed by atoms with Crippen LogP contribution in [-0.2, 0) is 21.4 Å². The lowest BCUT2D eigenvalue weighted by atomic mass is 9.90. The van der Waals surface area contributed by atoms with Crippen molar-refractivity contribution in [3.8, 4) is 17.6 Å². The van der Waals surface area contributed by atoms with Gasteiger partial charge in [-0.05, 0) is 60.2 Å². The average Bonchev–Trinajstić information content (AvgIpc) is 3.26. The summed E-state index contributed by atoms with van der Waals surface area (Å²) in [6.45, 7) is 0. The first-order valence-electron chi connectivity index (χ1n) is 10.0. The summed E-state index contributed by atoms with van der Waals surface area (Å²) in [7, 11) is 0.607. The minimum Gasteiger partial charge on any atom is -0.497 e. The summed E-state index contributed by atoms with van der Waals surface area (Å²) in [5.41, 5.74) is 3.16. The molecule has 0 amide bonds. The summed E-state index contributed by atoms with van der Waals surface area (Å²) in [5, 5.41) is 18.0. The Bertz CT molecular complexity index is 1460. The largest absolute Gasteiger partial charge is 0.497 e. The predicted molar refractivity (Wildman–Crippen MR) is 126 cm³/mol. The maximum absolute atomic E-state index is 12.6. The summed E-state index contributed by atoms with van der Waals surface area (Å²) in [6, 6.07) is 15.2. The van der Waals surface area contributed by atoms with Crippen LogP contribution < -0.4 is 9.47 Å². The van der Waals surface area contributed by atoms with E-state index >= 15 is 0 Å². The van der Waals surface area contributed by atoms with E-state index in [1.165, 1.54) is 31.4 Å². The van der Waals surface area contributed by atoms with Gasteiger partial charge in [-0.15, -0.1) is 0 Å². The molecule has 0 N–H and O–H groups in total. The molecule has 172 valence electrons. The third-order valence-corrected chi connectivity index (χ3v) is 6.34. The molecule has 3 aromatic rings. The van der Waals surface area contributed by atoms with E-state index in [0.29, 0.717) is 39.5 Å². The molecule has 0 atom stereocenters. The topological polar surface area (TPSA) is 116 Å². The highest BCUT2D eigenvalue weighted by Gasteiger charge is 2.25. The lowest BCUT2D eigenvalue weighted by Gasteiger charge is -2.14. The van der Waals surface area contributed by atoms with E-state index in [0.717, 1.165) is 0 Å². The number of fused-ring (bicyclic) bond motifs is 1. The van der Waals surface area contributed by atoms with Gasteiger partial charge in [-0.2, -0.15) is 18.8 Å². The van der Waals surface area contributed by atoms with Crippen molar-refractivity contribution in [3.05, 3.63) is 83.7 Å². The van der Waals surface area contributed by atoms with Crippen LogP contribution in [0.15, 0.2) is 76.9 Å². The molecule has 1 aliphatic rings. The third kappa shape index (κ3) is 4.29. The van der Waals surface area contributed by atoms with Crippen molar-refractivity contribution in [2.75, 3.05) is 14.2 Å². The van der Waals surface area contributed by atoms with Crippen molar-refractivity contribution in [2.45, 2.75) is 4.90 Å². The summed E-state index contributed by atoms with van der Waals surface area (Å²) in [4.78, 5) is -0.0606. The van der Waals surface area contributed by atoms with Crippen LogP contribution in [0.5, 0.6) is 11.5 Å². The van der Waals surface area contributed by atoms with Gasteiger partial charge >= 0.3 is 10.1 Å². The van der Waals surface area contributed by atoms with Gasteiger partial charge in [-0.3, -0.25) is 8.97 Å². The summed E-state index contributed by atoms with van der Waals surface area (Å²) >= 11 is 0. The standard InChI is InChI=1S/C24H20N4O5S/c1-28-24-22(15-26-28)20(21(14-25)16-4-6-17(31-2)7-5-16)12-13-23(24)27-33-34(29,30)19-10-8-18(32-3)9-11-19/h4-13,15H,1-3H3/b21-20-,27-23+. The summed E-state index contributed by atoms with van der Waals surface area (Å²) < 4.78 is 41.9. The van der Waals surface area contributed by atoms with Crippen molar-refractivity contribution >= 4 is 27.0 Å². The van der Waals surface area contributed by atoms with Gasteiger partial charge in [0.05, 0.1) is 31.7 Å². The molecule has 0 saturated carbocycles. The lowest BCUT2D eigenvalue weighted by molar-refractivity contribution is 0.339. The number of allylic oxidation sites excluding steroid dienone is 4. The van der Waals surface area contributed by atoms with Crippen molar-refractivity contribution in [1.29, 1.82) is 5.26 Å². The first kappa shape index (κ1) is 22.8. The van der Waals surface area contributed by atoms with E-state index in [1.807, 2.05) is 0 Å². The number of benzene rings is 2. The van der Waals surface area contributed by atoms with Gasteiger partial charge in [0.15, 0.2) is 0 Å². The maximum atomic E-state index is 12.6. The molecule has 0 fully saturated rings. The SMILES string of the molecule is COc1ccc(/C(C#N)=C2C=C/C(=N\OS(=O)(=O)c3ccc(OC)cc3)c3c/2cnn3C)cc1. The Balaban J connectivity index is 1.72. The number of methoxy groups -OCH3 is 2. The van der Waals surface area contributed by atoms with Crippen molar-refractivity contribution in [1.82, 2.24) is 9.78 Å². The number of ether oxygens (including phenoxy) is 2. The number of aromatic nitrogens is 2. The molecule has 0 radical (unpaired) electrons. The fourth-order valence-corrected chi connectivity index (χ4v) is 4.21. The van der Waals surface area contributed by atoms with E-state index < -0.39 is 10.1 Å². The number of hydrogen-bond acceptors (Lipinski definition) is 8. The zero-order valence-electron chi connectivity index (χ0n) is 18.6. The Kier molecular flexibility index (Phi) is 6.21.